The Bertz CT molecular complexity index is 1150. The average Bonchev–Trinajstić information content (AvgIpc) is 3.04. The largest absolute Gasteiger partial charge is 0.494 e. The van der Waals surface area contributed by atoms with E-state index in [-0.39, 0.29) is 12.1 Å². The first-order chi connectivity index (χ1) is 21.1. The molecule has 0 radical (unpaired) electrons. The summed E-state index contributed by atoms with van der Waals surface area (Å²) in [7, 11) is 0. The zero-order valence-electron chi connectivity index (χ0n) is 27.3. The normalized spacial score (nSPS) is 11.8. The average molecular weight is 585 g/mol. The minimum absolute atomic E-state index is 0.102. The van der Waals surface area contributed by atoms with Crippen molar-refractivity contribution in [2.45, 2.75) is 130 Å². The third-order valence-corrected chi connectivity index (χ3v) is 8.34. The van der Waals surface area contributed by atoms with Crippen LogP contribution >= 0.6 is 0 Å². The van der Waals surface area contributed by atoms with Crippen LogP contribution in [0.3, 0.4) is 0 Å². The van der Waals surface area contributed by atoms with E-state index in [4.69, 9.17) is 9.47 Å². The molecule has 0 spiro atoms. The smallest absolute Gasteiger partial charge is 0.306 e. The molecule has 0 fully saturated rings. The predicted octanol–water partition coefficient (Wildman–Crippen LogP) is 12.3. The number of ether oxygens (including phenoxy) is 2. The van der Waals surface area contributed by atoms with Crippen LogP contribution in [0.4, 0.5) is 0 Å². The Morgan fingerprint density at radius 2 is 1.05 bits per heavy atom. The second-order valence-electron chi connectivity index (χ2n) is 12.0. The van der Waals surface area contributed by atoms with Crippen LogP contribution in [0.25, 0.3) is 22.3 Å². The highest BCUT2D eigenvalue weighted by molar-refractivity contribution is 5.83. The van der Waals surface area contributed by atoms with Crippen LogP contribution < -0.4 is 4.74 Å². The van der Waals surface area contributed by atoms with Crippen LogP contribution in [0.15, 0.2) is 72.8 Å². The summed E-state index contributed by atoms with van der Waals surface area (Å²) in [4.78, 5) is 12.3. The summed E-state index contributed by atoms with van der Waals surface area (Å²) in [5.41, 5.74) is 5.72. The fraction of sp³-hybridized carbons (Fsp3) is 0.525. The Morgan fingerprint density at radius 1 is 0.581 bits per heavy atom. The summed E-state index contributed by atoms with van der Waals surface area (Å²) in [5, 5.41) is 0. The molecule has 3 aromatic carbocycles. The molecule has 3 nitrogen and oxygen atoms in total. The first kappa shape index (κ1) is 34.4. The summed E-state index contributed by atoms with van der Waals surface area (Å²) < 4.78 is 11.8. The fourth-order valence-corrected chi connectivity index (χ4v) is 5.63. The molecule has 43 heavy (non-hydrogen) atoms. The number of benzene rings is 3. The molecule has 0 aromatic heterocycles. The first-order valence-corrected chi connectivity index (χ1v) is 17.2. The molecular formula is C40H56O3. The molecule has 3 rings (SSSR count). The number of hydrogen-bond donors (Lipinski definition) is 0. The number of carbonyl (C=O) groups is 1. The second kappa shape index (κ2) is 20.8. The predicted molar refractivity (Wildman–Crippen MR) is 183 cm³/mol. The first-order valence-electron chi connectivity index (χ1n) is 17.2. The van der Waals surface area contributed by atoms with E-state index in [1.807, 2.05) is 6.92 Å². The van der Waals surface area contributed by atoms with Gasteiger partial charge in [-0.15, -0.1) is 0 Å². The lowest BCUT2D eigenvalue weighted by molar-refractivity contribution is -0.148. The molecule has 0 saturated carbocycles. The third-order valence-electron chi connectivity index (χ3n) is 8.34. The molecule has 0 aliphatic heterocycles. The maximum absolute atomic E-state index is 12.3. The number of rotatable bonds is 22. The maximum Gasteiger partial charge on any atom is 0.306 e. The van der Waals surface area contributed by atoms with E-state index < -0.39 is 0 Å². The van der Waals surface area contributed by atoms with Gasteiger partial charge in [-0.25, -0.2) is 0 Å². The van der Waals surface area contributed by atoms with Crippen molar-refractivity contribution in [1.82, 2.24) is 0 Å². The van der Waals surface area contributed by atoms with Crippen LogP contribution in [-0.4, -0.2) is 12.6 Å². The van der Waals surface area contributed by atoms with Crippen molar-refractivity contribution in [3.63, 3.8) is 0 Å². The van der Waals surface area contributed by atoms with E-state index in [0.29, 0.717) is 6.42 Å². The van der Waals surface area contributed by atoms with Crippen molar-refractivity contribution in [2.24, 2.45) is 0 Å². The van der Waals surface area contributed by atoms with Gasteiger partial charge in [-0.1, -0.05) is 158 Å². The van der Waals surface area contributed by atoms with Crippen LogP contribution in [0.2, 0.25) is 0 Å². The summed E-state index contributed by atoms with van der Waals surface area (Å²) in [6.07, 6.45) is 19.2. The lowest BCUT2D eigenvalue weighted by Crippen LogP contribution is -2.08. The topological polar surface area (TPSA) is 35.5 Å². The van der Waals surface area contributed by atoms with Gasteiger partial charge in [0.05, 0.1) is 6.61 Å². The highest BCUT2D eigenvalue weighted by Gasteiger charge is 2.13. The molecule has 0 amide bonds. The van der Waals surface area contributed by atoms with Crippen LogP contribution in [0.1, 0.15) is 135 Å². The van der Waals surface area contributed by atoms with Crippen molar-refractivity contribution >= 4 is 5.97 Å². The van der Waals surface area contributed by atoms with Gasteiger partial charge in [-0.2, -0.15) is 0 Å². The standard InChI is InChI=1S/C40H56O3/c1-4-6-8-10-11-12-13-14-16-20-32-42-37-30-28-36(29-31-37)39-22-19-18-21-38(39)35-26-24-34(25-27-35)33(3)43-40(41)23-17-15-9-7-5-2/h18-19,21-22,24-31,33H,4-17,20,23,32H2,1-3H3. The molecule has 0 aliphatic rings. The van der Waals surface area contributed by atoms with E-state index in [1.165, 1.54) is 93.7 Å². The fourth-order valence-electron chi connectivity index (χ4n) is 5.63. The van der Waals surface area contributed by atoms with Crippen LogP contribution in [-0.2, 0) is 9.53 Å². The molecule has 234 valence electrons. The monoisotopic (exact) mass is 584 g/mol. The van der Waals surface area contributed by atoms with E-state index in [1.54, 1.807) is 0 Å². The Hall–Kier alpha value is -3.07. The molecular weight excluding hydrogens is 528 g/mol. The lowest BCUT2D eigenvalue weighted by Gasteiger charge is -2.15. The summed E-state index contributed by atoms with van der Waals surface area (Å²) in [5.74, 6) is 0.834. The summed E-state index contributed by atoms with van der Waals surface area (Å²) >= 11 is 0. The van der Waals surface area contributed by atoms with E-state index in [0.717, 1.165) is 42.7 Å². The number of hydrogen-bond acceptors (Lipinski definition) is 3. The molecule has 3 heteroatoms. The minimum Gasteiger partial charge on any atom is -0.494 e. The Balaban J connectivity index is 1.46. The quantitative estimate of drug-likeness (QED) is 0.0870. The van der Waals surface area contributed by atoms with Gasteiger partial charge in [-0.3, -0.25) is 4.79 Å². The molecule has 3 aromatic rings. The van der Waals surface area contributed by atoms with Crippen molar-refractivity contribution < 1.29 is 14.3 Å². The van der Waals surface area contributed by atoms with Gasteiger partial charge in [0.2, 0.25) is 0 Å². The Labute approximate surface area is 262 Å². The Morgan fingerprint density at radius 3 is 1.58 bits per heavy atom. The van der Waals surface area contributed by atoms with Gasteiger partial charge in [0.15, 0.2) is 0 Å². The van der Waals surface area contributed by atoms with E-state index in [9.17, 15) is 4.79 Å². The van der Waals surface area contributed by atoms with Crippen molar-refractivity contribution in [1.29, 1.82) is 0 Å². The van der Waals surface area contributed by atoms with Gasteiger partial charge < -0.3 is 9.47 Å². The molecule has 0 heterocycles. The Kier molecular flexibility index (Phi) is 16.6. The molecule has 1 unspecified atom stereocenters. The zero-order valence-corrected chi connectivity index (χ0v) is 27.3. The SMILES string of the molecule is CCCCCCCCCCCCOc1ccc(-c2ccccc2-c2ccc(C(C)OC(=O)CCCCCCC)cc2)cc1. The van der Waals surface area contributed by atoms with Gasteiger partial charge in [0.25, 0.3) is 0 Å². The lowest BCUT2D eigenvalue weighted by atomic mass is 9.93. The van der Waals surface area contributed by atoms with E-state index in [2.05, 4.69) is 86.6 Å². The molecule has 0 bridgehead atoms. The third kappa shape index (κ3) is 13.0. The number of carbonyl (C=O) groups excluding carboxylic acids is 1. The van der Waals surface area contributed by atoms with Crippen molar-refractivity contribution in [2.75, 3.05) is 6.61 Å². The van der Waals surface area contributed by atoms with Crippen LogP contribution in [0, 0.1) is 0 Å². The van der Waals surface area contributed by atoms with E-state index >= 15 is 0 Å². The number of unbranched alkanes of at least 4 members (excludes halogenated alkanes) is 13. The van der Waals surface area contributed by atoms with Crippen molar-refractivity contribution in [3.8, 4) is 28.0 Å². The summed E-state index contributed by atoms with van der Waals surface area (Å²) in [6, 6.07) is 25.4. The minimum atomic E-state index is -0.250. The maximum atomic E-state index is 12.3. The van der Waals surface area contributed by atoms with Crippen LogP contribution in [0.5, 0.6) is 5.75 Å². The number of esters is 1. The summed E-state index contributed by atoms with van der Waals surface area (Å²) in [6.45, 7) is 7.22. The molecule has 0 aliphatic carbocycles. The highest BCUT2D eigenvalue weighted by Crippen LogP contribution is 2.34. The second-order valence-corrected chi connectivity index (χ2v) is 12.0. The molecule has 0 N–H and O–H groups in total. The van der Waals surface area contributed by atoms with Gasteiger partial charge >= 0.3 is 5.97 Å². The van der Waals surface area contributed by atoms with Crippen molar-refractivity contribution in [3.05, 3.63) is 78.4 Å². The molecule has 0 saturated heterocycles. The van der Waals surface area contributed by atoms with Gasteiger partial charge in [0.1, 0.15) is 11.9 Å². The van der Waals surface area contributed by atoms with Gasteiger partial charge in [0, 0.05) is 6.42 Å². The molecule has 1 atom stereocenters. The highest BCUT2D eigenvalue weighted by atomic mass is 16.5. The zero-order chi connectivity index (χ0) is 30.5. The van der Waals surface area contributed by atoms with Gasteiger partial charge in [-0.05, 0) is 59.7 Å².